The van der Waals surface area contributed by atoms with Crippen LogP contribution in [0.5, 0.6) is 5.88 Å². The number of carbonyl (C=O) groups is 2. The Labute approximate surface area is 184 Å². The Morgan fingerprint density at radius 2 is 1.94 bits per heavy atom. The van der Waals surface area contributed by atoms with Gasteiger partial charge in [0.05, 0.1) is 19.7 Å². The summed E-state index contributed by atoms with van der Waals surface area (Å²) in [4.78, 5) is 27.5. The zero-order chi connectivity index (χ0) is 23.2. The summed E-state index contributed by atoms with van der Waals surface area (Å²) in [5, 5.41) is 7.12. The zero-order valence-electron chi connectivity index (χ0n) is 17.6. The summed E-state index contributed by atoms with van der Waals surface area (Å²) in [5.74, 6) is -0.992. The van der Waals surface area contributed by atoms with Gasteiger partial charge in [-0.2, -0.15) is 13.2 Å². The molecule has 0 aromatic carbocycles. The van der Waals surface area contributed by atoms with Crippen molar-refractivity contribution < 1.29 is 37.3 Å². The van der Waals surface area contributed by atoms with Crippen molar-refractivity contribution >= 4 is 11.9 Å². The first-order valence-corrected chi connectivity index (χ1v) is 10.6. The van der Waals surface area contributed by atoms with Crippen molar-refractivity contribution in [3.05, 3.63) is 36.5 Å². The van der Waals surface area contributed by atoms with Crippen molar-refractivity contribution in [3.8, 4) is 5.88 Å². The van der Waals surface area contributed by atoms with Crippen molar-refractivity contribution in [1.82, 2.24) is 9.88 Å². The van der Waals surface area contributed by atoms with Gasteiger partial charge in [-0.25, -0.2) is 9.78 Å². The van der Waals surface area contributed by atoms with Gasteiger partial charge >= 0.3 is 12.1 Å². The van der Waals surface area contributed by atoms with E-state index in [1.165, 1.54) is 0 Å². The summed E-state index contributed by atoms with van der Waals surface area (Å²) >= 11 is 0. The molecular formula is C22H27F3N2O5. The second-order valence-electron chi connectivity index (χ2n) is 8.33. The lowest BCUT2D eigenvalue weighted by atomic mass is 9.79. The molecule has 1 aromatic rings. The Bertz CT molecular complexity index is 802. The number of carbonyl (C=O) groups excluding carboxylic acids is 1. The normalized spacial score (nSPS) is 22.1. The molecule has 1 aromatic heterocycles. The van der Waals surface area contributed by atoms with Crippen LogP contribution in [0, 0.1) is 11.8 Å². The fourth-order valence-electron chi connectivity index (χ4n) is 4.24. The first-order chi connectivity index (χ1) is 15.2. The van der Waals surface area contributed by atoms with Crippen LogP contribution in [0.25, 0.3) is 0 Å². The third-order valence-corrected chi connectivity index (χ3v) is 5.88. The Kier molecular flexibility index (Phi) is 7.76. The molecule has 10 heteroatoms. The van der Waals surface area contributed by atoms with Gasteiger partial charge in [0.15, 0.2) is 0 Å². The zero-order valence-corrected chi connectivity index (χ0v) is 17.6. The Morgan fingerprint density at radius 1 is 1.25 bits per heavy atom. The summed E-state index contributed by atoms with van der Waals surface area (Å²) in [5.41, 5.74) is -0.102. The average Bonchev–Trinajstić information content (AvgIpc) is 3.27. The lowest BCUT2D eigenvalue weighted by Crippen LogP contribution is -2.67. The smallest absolute Gasteiger partial charge is 0.478 e. The van der Waals surface area contributed by atoms with E-state index in [2.05, 4.69) is 17.1 Å². The predicted octanol–water partition coefficient (Wildman–Crippen LogP) is 3.46. The largest absolute Gasteiger partial charge is 0.490 e. The molecule has 1 aliphatic carbocycles. The third kappa shape index (κ3) is 6.44. The average molecular weight is 456 g/mol. The quantitative estimate of drug-likeness (QED) is 0.683. The van der Waals surface area contributed by atoms with E-state index in [1.54, 1.807) is 6.20 Å². The van der Waals surface area contributed by atoms with E-state index in [0.29, 0.717) is 24.3 Å². The number of carboxylic acids is 1. The molecule has 2 saturated heterocycles. The lowest BCUT2D eigenvalue weighted by Gasteiger charge is -2.53. The number of alkyl halides is 3. The molecule has 1 unspecified atom stereocenters. The van der Waals surface area contributed by atoms with Crippen LogP contribution in [0.15, 0.2) is 36.5 Å². The second kappa shape index (κ2) is 10.3. The van der Waals surface area contributed by atoms with Crippen LogP contribution in [-0.4, -0.2) is 64.9 Å². The highest BCUT2D eigenvalue weighted by Gasteiger charge is 2.50. The van der Waals surface area contributed by atoms with Crippen LogP contribution >= 0.6 is 0 Å². The summed E-state index contributed by atoms with van der Waals surface area (Å²) in [6.07, 6.45) is 5.83. The Balaban J connectivity index is 0.000000360. The van der Waals surface area contributed by atoms with Crippen molar-refractivity contribution in [3.63, 3.8) is 0 Å². The molecule has 3 aliphatic rings. The third-order valence-electron chi connectivity index (χ3n) is 5.88. The number of hydrogen-bond acceptors (Lipinski definition) is 5. The lowest BCUT2D eigenvalue weighted by molar-refractivity contribution is -0.192. The topological polar surface area (TPSA) is 89.0 Å². The molecule has 7 nitrogen and oxygen atoms in total. The maximum atomic E-state index is 12.5. The molecule has 176 valence electrons. The van der Waals surface area contributed by atoms with Crippen LogP contribution in [0.2, 0.25) is 0 Å². The number of aromatic nitrogens is 1. The van der Waals surface area contributed by atoms with Crippen molar-refractivity contribution in [2.24, 2.45) is 11.8 Å². The minimum Gasteiger partial charge on any atom is -0.478 e. The van der Waals surface area contributed by atoms with Crippen molar-refractivity contribution in [1.29, 1.82) is 0 Å². The molecule has 1 amide bonds. The fraction of sp³-hybridized carbons (Fsp3) is 0.591. The number of hydrogen-bond donors (Lipinski definition) is 1. The molecule has 4 rings (SSSR count). The van der Waals surface area contributed by atoms with Crippen LogP contribution in [0.1, 0.15) is 32.1 Å². The molecule has 0 radical (unpaired) electrons. The number of aliphatic carboxylic acids is 1. The monoisotopic (exact) mass is 456 g/mol. The number of ether oxygens (including phenoxy) is 2. The van der Waals surface area contributed by atoms with Gasteiger partial charge in [0.25, 0.3) is 0 Å². The number of halogens is 3. The number of allylic oxidation sites excluding steroid dienone is 2. The van der Waals surface area contributed by atoms with E-state index in [0.717, 1.165) is 51.8 Å². The maximum absolute atomic E-state index is 12.5. The van der Waals surface area contributed by atoms with Crippen LogP contribution in [0.4, 0.5) is 13.2 Å². The minimum atomic E-state index is -5.08. The van der Waals surface area contributed by atoms with Crippen LogP contribution < -0.4 is 4.74 Å². The first kappa shape index (κ1) is 24.0. The van der Waals surface area contributed by atoms with Gasteiger partial charge in [-0.15, -0.1) is 0 Å². The molecule has 1 atom stereocenters. The highest BCUT2D eigenvalue weighted by Crippen LogP contribution is 2.39. The number of rotatable bonds is 5. The van der Waals surface area contributed by atoms with Gasteiger partial charge in [-0.05, 0) is 44.1 Å². The van der Waals surface area contributed by atoms with Crippen molar-refractivity contribution in [2.75, 3.05) is 26.3 Å². The van der Waals surface area contributed by atoms with E-state index < -0.39 is 12.1 Å². The standard InChI is InChI=1S/C20H26N2O3.C2HF3O2/c23-19(17-5-1-2-6-17)22-14-20(15-22)13-16(9-12-25-20)8-11-24-18-7-3-4-10-21-18;3-2(4,5)1(6)7/h1-4,7,10,16-17H,5-6,8-9,11-15H2;(H,6,7). The van der Waals surface area contributed by atoms with Gasteiger partial charge in [-0.3, -0.25) is 4.79 Å². The molecule has 32 heavy (non-hydrogen) atoms. The number of carboxylic acid groups (broad SMARTS) is 1. The molecule has 2 fully saturated rings. The summed E-state index contributed by atoms with van der Waals surface area (Å²) in [6, 6.07) is 5.71. The highest BCUT2D eigenvalue weighted by molar-refractivity contribution is 5.80. The summed E-state index contributed by atoms with van der Waals surface area (Å²) < 4.78 is 43.5. The Morgan fingerprint density at radius 3 is 2.53 bits per heavy atom. The van der Waals surface area contributed by atoms with Gasteiger partial charge in [0, 0.05) is 24.8 Å². The van der Waals surface area contributed by atoms with Crippen molar-refractivity contribution in [2.45, 2.75) is 43.9 Å². The van der Waals surface area contributed by atoms with Crippen LogP contribution in [0.3, 0.4) is 0 Å². The van der Waals surface area contributed by atoms with E-state index >= 15 is 0 Å². The fourth-order valence-corrected chi connectivity index (χ4v) is 4.24. The second-order valence-corrected chi connectivity index (χ2v) is 8.33. The number of amides is 1. The maximum Gasteiger partial charge on any atom is 0.490 e. The highest BCUT2D eigenvalue weighted by atomic mass is 19.4. The molecule has 0 bridgehead atoms. The first-order valence-electron chi connectivity index (χ1n) is 10.6. The van der Waals surface area contributed by atoms with Gasteiger partial charge < -0.3 is 19.5 Å². The van der Waals surface area contributed by atoms with Gasteiger partial charge in [-0.1, -0.05) is 18.2 Å². The predicted molar refractivity (Wildman–Crippen MR) is 108 cm³/mol. The Hall–Kier alpha value is -2.62. The number of likely N-dealkylation sites (tertiary alicyclic amines) is 1. The SMILES string of the molecule is O=C(C1CC=CC1)N1CC2(CC(CCOc3ccccn3)CCO2)C1.O=C(O)C(F)(F)F. The minimum absolute atomic E-state index is 0.102. The molecular weight excluding hydrogens is 429 g/mol. The molecule has 1 spiro atoms. The van der Waals surface area contributed by atoms with E-state index in [9.17, 15) is 18.0 Å². The van der Waals surface area contributed by atoms with E-state index in [1.807, 2.05) is 23.1 Å². The van der Waals surface area contributed by atoms with E-state index in [4.69, 9.17) is 19.4 Å². The molecule has 2 aliphatic heterocycles. The van der Waals surface area contributed by atoms with Crippen LogP contribution in [-0.2, 0) is 14.3 Å². The number of pyridine rings is 1. The summed E-state index contributed by atoms with van der Waals surface area (Å²) in [7, 11) is 0. The van der Waals surface area contributed by atoms with E-state index in [-0.39, 0.29) is 11.5 Å². The van der Waals surface area contributed by atoms with Gasteiger partial charge in [0.2, 0.25) is 11.8 Å². The summed E-state index contributed by atoms with van der Waals surface area (Å²) in [6.45, 7) is 3.01. The number of nitrogens with zero attached hydrogens (tertiary/aromatic N) is 2. The molecule has 0 saturated carbocycles. The van der Waals surface area contributed by atoms with Gasteiger partial charge in [0.1, 0.15) is 5.60 Å². The molecule has 1 N–H and O–H groups in total. The molecule has 3 heterocycles.